The maximum atomic E-state index is 5.86. The fraction of sp³-hybridized carbons (Fsp3) is 0.231. The number of hydrogen-bond donors (Lipinski definition) is 2. The van der Waals surface area contributed by atoms with Crippen molar-refractivity contribution in [2.45, 2.75) is 19.5 Å². The van der Waals surface area contributed by atoms with Gasteiger partial charge in [0, 0.05) is 27.6 Å². The van der Waals surface area contributed by atoms with Crippen molar-refractivity contribution >= 4 is 33.0 Å². The molecule has 0 amide bonds. The zero-order valence-electron chi connectivity index (χ0n) is 9.61. The fourth-order valence-corrected chi connectivity index (χ4v) is 3.05. The number of anilines is 1. The van der Waals surface area contributed by atoms with Crippen LogP contribution in [0.3, 0.4) is 0 Å². The quantitative estimate of drug-likeness (QED) is 0.897. The lowest BCUT2D eigenvalue weighted by Crippen LogP contribution is -2.18. The summed E-state index contributed by atoms with van der Waals surface area (Å²) >= 11 is 5.26. The van der Waals surface area contributed by atoms with Crippen molar-refractivity contribution < 1.29 is 0 Å². The minimum absolute atomic E-state index is 0.298. The average Bonchev–Trinajstić information content (AvgIpc) is 2.72. The molecule has 1 atom stereocenters. The fourth-order valence-electron chi connectivity index (χ4n) is 1.68. The molecule has 1 aromatic carbocycles. The van der Waals surface area contributed by atoms with Crippen LogP contribution in [0.15, 0.2) is 40.2 Å². The highest BCUT2D eigenvalue weighted by Crippen LogP contribution is 2.24. The van der Waals surface area contributed by atoms with Crippen molar-refractivity contribution in [3.8, 4) is 0 Å². The molecule has 17 heavy (non-hydrogen) atoms. The Kier molecular flexibility index (Phi) is 4.20. The summed E-state index contributed by atoms with van der Waals surface area (Å²) in [5.74, 6) is 0. The SMILES string of the molecule is C[C@H](NCc1sccc1N)c1ccccc1Br. The Morgan fingerprint density at radius 1 is 1.35 bits per heavy atom. The normalized spacial score (nSPS) is 12.6. The van der Waals surface area contributed by atoms with E-state index in [2.05, 4.69) is 46.4 Å². The van der Waals surface area contributed by atoms with E-state index < -0.39 is 0 Å². The standard InChI is InChI=1S/C13H15BrN2S/c1-9(10-4-2-3-5-11(10)14)16-8-13-12(15)6-7-17-13/h2-7,9,16H,8,15H2,1H3/t9-/m0/s1. The molecule has 0 saturated carbocycles. The number of hydrogen-bond acceptors (Lipinski definition) is 3. The van der Waals surface area contributed by atoms with Gasteiger partial charge in [-0.25, -0.2) is 0 Å². The van der Waals surface area contributed by atoms with E-state index >= 15 is 0 Å². The molecule has 0 radical (unpaired) electrons. The Hall–Kier alpha value is -0.840. The van der Waals surface area contributed by atoms with Crippen molar-refractivity contribution in [1.82, 2.24) is 5.32 Å². The Labute approximate surface area is 114 Å². The lowest BCUT2D eigenvalue weighted by atomic mass is 10.1. The van der Waals surface area contributed by atoms with Crippen LogP contribution in [-0.4, -0.2) is 0 Å². The van der Waals surface area contributed by atoms with E-state index in [0.717, 1.165) is 16.7 Å². The number of nitrogens with one attached hydrogen (secondary N) is 1. The second kappa shape index (κ2) is 5.67. The molecule has 0 saturated heterocycles. The van der Waals surface area contributed by atoms with E-state index in [4.69, 9.17) is 5.73 Å². The van der Waals surface area contributed by atoms with Crippen LogP contribution in [0.5, 0.6) is 0 Å². The second-order valence-corrected chi connectivity index (χ2v) is 5.78. The smallest absolute Gasteiger partial charge is 0.0468 e. The molecule has 1 aromatic heterocycles. The van der Waals surface area contributed by atoms with Gasteiger partial charge in [-0.1, -0.05) is 34.1 Å². The monoisotopic (exact) mass is 310 g/mol. The highest BCUT2D eigenvalue weighted by atomic mass is 79.9. The van der Waals surface area contributed by atoms with E-state index in [0.29, 0.717) is 6.04 Å². The van der Waals surface area contributed by atoms with Gasteiger partial charge >= 0.3 is 0 Å². The van der Waals surface area contributed by atoms with Crippen LogP contribution in [0.2, 0.25) is 0 Å². The molecule has 1 heterocycles. The third-order valence-electron chi connectivity index (χ3n) is 2.72. The van der Waals surface area contributed by atoms with E-state index in [9.17, 15) is 0 Å². The van der Waals surface area contributed by atoms with Gasteiger partial charge in [0.25, 0.3) is 0 Å². The molecule has 0 bridgehead atoms. The number of halogens is 1. The third kappa shape index (κ3) is 3.09. The largest absolute Gasteiger partial charge is 0.398 e. The zero-order valence-corrected chi connectivity index (χ0v) is 12.0. The second-order valence-electron chi connectivity index (χ2n) is 3.92. The van der Waals surface area contributed by atoms with Crippen molar-refractivity contribution in [2.75, 3.05) is 5.73 Å². The van der Waals surface area contributed by atoms with Crippen molar-refractivity contribution in [2.24, 2.45) is 0 Å². The van der Waals surface area contributed by atoms with Crippen LogP contribution in [0.25, 0.3) is 0 Å². The maximum absolute atomic E-state index is 5.86. The summed E-state index contributed by atoms with van der Waals surface area (Å²) in [7, 11) is 0. The van der Waals surface area contributed by atoms with Gasteiger partial charge < -0.3 is 11.1 Å². The number of nitrogens with two attached hydrogens (primary N) is 1. The lowest BCUT2D eigenvalue weighted by Gasteiger charge is -2.15. The van der Waals surface area contributed by atoms with Gasteiger partial charge in [0.1, 0.15) is 0 Å². The average molecular weight is 311 g/mol. The number of rotatable bonds is 4. The third-order valence-corrected chi connectivity index (χ3v) is 4.38. The molecule has 0 spiro atoms. The first-order valence-electron chi connectivity index (χ1n) is 5.48. The molecular weight excluding hydrogens is 296 g/mol. The molecule has 2 aromatic rings. The molecule has 2 rings (SSSR count). The topological polar surface area (TPSA) is 38.0 Å². The highest BCUT2D eigenvalue weighted by Gasteiger charge is 2.09. The van der Waals surface area contributed by atoms with Crippen LogP contribution < -0.4 is 11.1 Å². The van der Waals surface area contributed by atoms with Gasteiger partial charge in [-0.05, 0) is 30.0 Å². The van der Waals surface area contributed by atoms with Gasteiger partial charge in [-0.15, -0.1) is 11.3 Å². The van der Waals surface area contributed by atoms with Crippen molar-refractivity contribution in [3.05, 3.63) is 50.6 Å². The van der Waals surface area contributed by atoms with Crippen LogP contribution in [0.1, 0.15) is 23.4 Å². The summed E-state index contributed by atoms with van der Waals surface area (Å²) in [4.78, 5) is 1.20. The van der Waals surface area contributed by atoms with Gasteiger partial charge in [-0.2, -0.15) is 0 Å². The van der Waals surface area contributed by atoms with Crippen molar-refractivity contribution in [3.63, 3.8) is 0 Å². The minimum atomic E-state index is 0.298. The van der Waals surface area contributed by atoms with Crippen molar-refractivity contribution in [1.29, 1.82) is 0 Å². The molecular formula is C13H15BrN2S. The van der Waals surface area contributed by atoms with E-state index in [1.807, 2.05) is 17.5 Å². The Balaban J connectivity index is 2.01. The van der Waals surface area contributed by atoms with Gasteiger partial charge in [0.05, 0.1) is 0 Å². The van der Waals surface area contributed by atoms with Crippen LogP contribution >= 0.6 is 27.3 Å². The lowest BCUT2D eigenvalue weighted by molar-refractivity contribution is 0.577. The number of benzene rings is 1. The number of nitrogen functional groups attached to an aromatic ring is 1. The summed E-state index contributed by atoms with van der Waals surface area (Å²) < 4.78 is 1.14. The summed E-state index contributed by atoms with van der Waals surface area (Å²) in [5, 5.41) is 5.51. The molecule has 0 aliphatic carbocycles. The first-order chi connectivity index (χ1) is 8.18. The molecule has 3 N–H and O–H groups in total. The molecule has 0 aliphatic heterocycles. The number of thiophene rings is 1. The predicted molar refractivity (Wildman–Crippen MR) is 78.1 cm³/mol. The molecule has 0 fully saturated rings. The van der Waals surface area contributed by atoms with Crippen LogP contribution in [0, 0.1) is 0 Å². The summed E-state index contributed by atoms with van der Waals surface area (Å²) in [6.07, 6.45) is 0. The summed E-state index contributed by atoms with van der Waals surface area (Å²) in [6.45, 7) is 2.97. The first-order valence-corrected chi connectivity index (χ1v) is 7.15. The Morgan fingerprint density at radius 2 is 2.12 bits per heavy atom. The van der Waals surface area contributed by atoms with Crippen LogP contribution in [0.4, 0.5) is 5.69 Å². The molecule has 4 heteroatoms. The highest BCUT2D eigenvalue weighted by molar-refractivity contribution is 9.10. The predicted octanol–water partition coefficient (Wildman–Crippen LogP) is 3.94. The van der Waals surface area contributed by atoms with Gasteiger partial charge in [-0.3, -0.25) is 0 Å². The Morgan fingerprint density at radius 3 is 2.76 bits per heavy atom. The van der Waals surface area contributed by atoms with Gasteiger partial charge in [0.15, 0.2) is 0 Å². The van der Waals surface area contributed by atoms with Gasteiger partial charge in [0.2, 0.25) is 0 Å². The van der Waals surface area contributed by atoms with E-state index in [1.165, 1.54) is 10.4 Å². The van der Waals surface area contributed by atoms with E-state index in [1.54, 1.807) is 11.3 Å². The zero-order chi connectivity index (χ0) is 12.3. The van der Waals surface area contributed by atoms with Crippen LogP contribution in [-0.2, 0) is 6.54 Å². The first kappa shape index (κ1) is 12.6. The summed E-state index contributed by atoms with van der Waals surface area (Å²) in [6, 6.07) is 10.5. The summed E-state index contributed by atoms with van der Waals surface area (Å²) in [5.41, 5.74) is 8.00. The molecule has 2 nitrogen and oxygen atoms in total. The molecule has 90 valence electrons. The Bertz CT molecular complexity index is 496. The minimum Gasteiger partial charge on any atom is -0.398 e. The van der Waals surface area contributed by atoms with E-state index in [-0.39, 0.29) is 0 Å². The maximum Gasteiger partial charge on any atom is 0.0468 e. The molecule has 0 unspecified atom stereocenters. The molecule has 0 aliphatic rings.